The van der Waals surface area contributed by atoms with Crippen LogP contribution in [-0.2, 0) is 15.0 Å². The van der Waals surface area contributed by atoms with E-state index >= 15 is 0 Å². The van der Waals surface area contributed by atoms with Crippen molar-refractivity contribution >= 4 is 11.9 Å². The summed E-state index contributed by atoms with van der Waals surface area (Å²) in [4.78, 5) is 24.9. The number of phenols is 2. The second-order valence-corrected chi connectivity index (χ2v) is 6.87. The highest BCUT2D eigenvalue weighted by molar-refractivity contribution is 5.94. The van der Waals surface area contributed by atoms with Gasteiger partial charge in [0.25, 0.3) is 0 Å². The number of hydrogen-bond acceptors (Lipinski definition) is 5. The number of rotatable bonds is 9. The first-order chi connectivity index (χ1) is 13.3. The molecule has 0 aliphatic carbocycles. The maximum absolute atomic E-state index is 13.3. The van der Waals surface area contributed by atoms with Crippen LogP contribution in [0.1, 0.15) is 37.3 Å². The molecule has 28 heavy (non-hydrogen) atoms. The van der Waals surface area contributed by atoms with Crippen molar-refractivity contribution in [1.82, 2.24) is 5.32 Å². The molecule has 0 fully saturated rings. The van der Waals surface area contributed by atoms with Crippen molar-refractivity contribution in [3.05, 3.63) is 59.7 Å². The molecule has 0 aromatic heterocycles. The van der Waals surface area contributed by atoms with Gasteiger partial charge in [0.15, 0.2) is 0 Å². The van der Waals surface area contributed by atoms with Gasteiger partial charge < -0.3 is 26.4 Å². The third kappa shape index (κ3) is 4.80. The first kappa shape index (κ1) is 21.2. The van der Waals surface area contributed by atoms with Gasteiger partial charge >= 0.3 is 5.97 Å². The summed E-state index contributed by atoms with van der Waals surface area (Å²) >= 11 is 0. The van der Waals surface area contributed by atoms with Crippen LogP contribution in [0.3, 0.4) is 0 Å². The van der Waals surface area contributed by atoms with E-state index in [0.29, 0.717) is 30.5 Å². The molecule has 1 amide bonds. The molecule has 0 saturated heterocycles. The zero-order valence-corrected chi connectivity index (χ0v) is 15.8. The van der Waals surface area contributed by atoms with Crippen LogP contribution in [0.2, 0.25) is 0 Å². The number of carboxylic acids is 1. The molecule has 0 radical (unpaired) electrons. The van der Waals surface area contributed by atoms with Crippen molar-refractivity contribution in [3.8, 4) is 11.5 Å². The Hall–Kier alpha value is -3.06. The van der Waals surface area contributed by atoms with Crippen molar-refractivity contribution < 1.29 is 24.9 Å². The van der Waals surface area contributed by atoms with E-state index in [-0.39, 0.29) is 17.9 Å². The topological polar surface area (TPSA) is 133 Å². The van der Waals surface area contributed by atoms with E-state index in [9.17, 15) is 24.9 Å². The smallest absolute Gasteiger partial charge is 0.326 e. The van der Waals surface area contributed by atoms with Gasteiger partial charge in [-0.05, 0) is 68.1 Å². The molecule has 0 heterocycles. The van der Waals surface area contributed by atoms with E-state index in [1.54, 1.807) is 31.2 Å². The van der Waals surface area contributed by atoms with Crippen LogP contribution < -0.4 is 11.1 Å². The lowest BCUT2D eigenvalue weighted by Gasteiger charge is -2.31. The van der Waals surface area contributed by atoms with Gasteiger partial charge in [0, 0.05) is 0 Å². The first-order valence-corrected chi connectivity index (χ1v) is 9.12. The summed E-state index contributed by atoms with van der Waals surface area (Å²) in [6.07, 6.45) is 1.54. The number of hydrogen-bond donors (Lipinski definition) is 5. The third-order valence-electron chi connectivity index (χ3n) is 4.89. The van der Waals surface area contributed by atoms with E-state index in [2.05, 4.69) is 5.32 Å². The summed E-state index contributed by atoms with van der Waals surface area (Å²) in [5.74, 6) is -1.47. The van der Waals surface area contributed by atoms with Crippen molar-refractivity contribution in [2.45, 2.75) is 37.6 Å². The number of nitrogens with two attached hydrogens (primary N) is 1. The number of carbonyl (C=O) groups excluding carboxylic acids is 1. The molecule has 7 heteroatoms. The highest BCUT2D eigenvalue weighted by Gasteiger charge is 2.39. The fourth-order valence-corrected chi connectivity index (χ4v) is 3.07. The summed E-state index contributed by atoms with van der Waals surface area (Å²) < 4.78 is 0. The lowest BCUT2D eigenvalue weighted by atomic mass is 9.75. The average Bonchev–Trinajstić information content (AvgIpc) is 2.67. The number of amides is 1. The van der Waals surface area contributed by atoms with Gasteiger partial charge in [-0.2, -0.15) is 0 Å². The standard InChI is InChI=1S/C21H26N2O5/c1-21(14-5-9-16(24)10-6-14,15-7-11-17(25)12-8-15)20(28)23-18(19(26)27)4-2-3-13-22/h5-12,18,24-25H,2-4,13,22H2,1H3,(H,23,28)(H,26,27)/t18-/m0/s1. The van der Waals surface area contributed by atoms with Gasteiger partial charge in [0.05, 0.1) is 5.41 Å². The predicted octanol–water partition coefficient (Wildman–Crippen LogP) is 2.10. The summed E-state index contributed by atoms with van der Waals surface area (Å²) in [5.41, 5.74) is 5.41. The summed E-state index contributed by atoms with van der Waals surface area (Å²) in [7, 11) is 0. The summed E-state index contributed by atoms with van der Waals surface area (Å²) in [6, 6.07) is 11.3. The normalized spacial score (nSPS) is 12.4. The Kier molecular flexibility index (Phi) is 7.00. The minimum atomic E-state index is -1.22. The lowest BCUT2D eigenvalue weighted by Crippen LogP contribution is -2.50. The van der Waals surface area contributed by atoms with Crippen LogP contribution in [0, 0.1) is 0 Å². The van der Waals surface area contributed by atoms with E-state index in [1.165, 1.54) is 24.3 Å². The molecular weight excluding hydrogens is 360 g/mol. The van der Waals surface area contributed by atoms with Crippen molar-refractivity contribution in [2.75, 3.05) is 6.54 Å². The first-order valence-electron chi connectivity index (χ1n) is 9.12. The number of aromatic hydroxyl groups is 2. The molecule has 0 aliphatic heterocycles. The van der Waals surface area contributed by atoms with Crippen molar-refractivity contribution in [2.24, 2.45) is 5.73 Å². The molecule has 0 saturated carbocycles. The molecule has 2 rings (SSSR count). The predicted molar refractivity (Wildman–Crippen MR) is 105 cm³/mol. The Morgan fingerprint density at radius 1 is 0.964 bits per heavy atom. The molecule has 150 valence electrons. The minimum Gasteiger partial charge on any atom is -0.508 e. The van der Waals surface area contributed by atoms with E-state index in [4.69, 9.17) is 5.73 Å². The lowest BCUT2D eigenvalue weighted by molar-refractivity contribution is -0.142. The molecular formula is C21H26N2O5. The number of benzene rings is 2. The molecule has 2 aromatic carbocycles. The number of nitrogens with one attached hydrogen (secondary N) is 1. The van der Waals surface area contributed by atoms with E-state index in [1.807, 2.05) is 0 Å². The molecule has 0 unspecified atom stereocenters. The Morgan fingerprint density at radius 2 is 1.43 bits per heavy atom. The van der Waals surface area contributed by atoms with Crippen LogP contribution in [0.25, 0.3) is 0 Å². The van der Waals surface area contributed by atoms with Crippen LogP contribution in [0.4, 0.5) is 0 Å². The average molecular weight is 386 g/mol. The molecule has 2 aromatic rings. The highest BCUT2D eigenvalue weighted by atomic mass is 16.4. The minimum absolute atomic E-state index is 0.0578. The van der Waals surface area contributed by atoms with Gasteiger partial charge in [-0.1, -0.05) is 24.3 Å². The van der Waals surface area contributed by atoms with Crippen LogP contribution in [0.5, 0.6) is 11.5 Å². The Labute approximate surface area is 163 Å². The molecule has 0 aliphatic rings. The number of carboxylic acid groups (broad SMARTS) is 1. The van der Waals surface area contributed by atoms with Crippen molar-refractivity contribution in [3.63, 3.8) is 0 Å². The van der Waals surface area contributed by atoms with Gasteiger partial charge in [0.2, 0.25) is 5.91 Å². The molecule has 0 bridgehead atoms. The summed E-state index contributed by atoms with van der Waals surface area (Å²) in [6.45, 7) is 2.14. The highest BCUT2D eigenvalue weighted by Crippen LogP contribution is 2.34. The van der Waals surface area contributed by atoms with Gasteiger partial charge in [0.1, 0.15) is 17.5 Å². The van der Waals surface area contributed by atoms with E-state index < -0.39 is 23.3 Å². The second kappa shape index (κ2) is 9.23. The molecule has 0 spiro atoms. The third-order valence-corrected chi connectivity index (χ3v) is 4.89. The Balaban J connectivity index is 2.40. The largest absolute Gasteiger partial charge is 0.508 e. The second-order valence-electron chi connectivity index (χ2n) is 6.87. The number of phenolic OH excluding ortho intramolecular Hbond substituents is 2. The monoisotopic (exact) mass is 386 g/mol. The quantitative estimate of drug-likeness (QED) is 0.419. The molecule has 1 atom stereocenters. The fourth-order valence-electron chi connectivity index (χ4n) is 3.07. The molecule has 7 nitrogen and oxygen atoms in total. The van der Waals surface area contributed by atoms with Crippen LogP contribution in [0.15, 0.2) is 48.5 Å². The number of carbonyl (C=O) groups is 2. The summed E-state index contributed by atoms with van der Waals surface area (Å²) in [5, 5.41) is 31.3. The number of unbranched alkanes of at least 4 members (excludes halogenated alkanes) is 1. The van der Waals surface area contributed by atoms with Crippen LogP contribution in [-0.4, -0.2) is 39.8 Å². The fraction of sp³-hybridized carbons (Fsp3) is 0.333. The zero-order chi connectivity index (χ0) is 20.7. The van der Waals surface area contributed by atoms with Gasteiger partial charge in [-0.25, -0.2) is 4.79 Å². The maximum atomic E-state index is 13.3. The SMILES string of the molecule is CC(C(=O)N[C@@H](CCCCN)C(=O)O)(c1ccc(O)cc1)c1ccc(O)cc1. The Morgan fingerprint density at radius 3 is 1.82 bits per heavy atom. The number of aliphatic carboxylic acids is 1. The van der Waals surface area contributed by atoms with Gasteiger partial charge in [-0.3, -0.25) is 4.79 Å². The van der Waals surface area contributed by atoms with Crippen molar-refractivity contribution in [1.29, 1.82) is 0 Å². The zero-order valence-electron chi connectivity index (χ0n) is 15.8. The van der Waals surface area contributed by atoms with E-state index in [0.717, 1.165) is 0 Å². The molecule has 6 N–H and O–H groups in total. The Bertz CT molecular complexity index is 757. The van der Waals surface area contributed by atoms with Gasteiger partial charge in [-0.15, -0.1) is 0 Å². The maximum Gasteiger partial charge on any atom is 0.326 e. The van der Waals surface area contributed by atoms with Crippen LogP contribution >= 0.6 is 0 Å².